The van der Waals surface area contributed by atoms with Crippen molar-refractivity contribution in [3.05, 3.63) is 22.9 Å². The highest BCUT2D eigenvalue weighted by atomic mass is 35.5. The average Bonchev–Trinajstić information content (AvgIpc) is 2.81. The summed E-state index contributed by atoms with van der Waals surface area (Å²) < 4.78 is 6.71. The topological polar surface area (TPSA) is 84.3 Å². The summed E-state index contributed by atoms with van der Waals surface area (Å²) in [7, 11) is 0. The first-order valence-corrected chi connectivity index (χ1v) is 6.61. The Morgan fingerprint density at radius 3 is 3.05 bits per heavy atom. The number of hydrogen-bond donors (Lipinski definition) is 2. The molecule has 0 spiro atoms. The Kier molecular flexibility index (Phi) is 3.16. The molecule has 0 aromatic carbocycles. The molecule has 2 aromatic heterocycles. The molecule has 102 valence electrons. The van der Waals surface area contributed by atoms with Gasteiger partial charge in [0.05, 0.1) is 5.54 Å². The fourth-order valence-corrected chi connectivity index (χ4v) is 2.54. The molecule has 2 N–H and O–H groups in total. The van der Waals surface area contributed by atoms with Crippen molar-refractivity contribution < 1.29 is 4.74 Å². The Morgan fingerprint density at radius 1 is 1.53 bits per heavy atom. The van der Waals surface area contributed by atoms with Crippen LogP contribution >= 0.6 is 11.6 Å². The van der Waals surface area contributed by atoms with Gasteiger partial charge in [0, 0.05) is 25.2 Å². The third-order valence-electron chi connectivity index (χ3n) is 3.41. The van der Waals surface area contributed by atoms with E-state index in [-0.39, 0.29) is 11.2 Å². The first kappa shape index (κ1) is 12.4. The molecule has 19 heavy (non-hydrogen) atoms. The SMILES string of the molecule is O=c1[nH]nc2cc(NC3(CCl)CCOCC3)ncn12. The Morgan fingerprint density at radius 2 is 2.32 bits per heavy atom. The highest BCUT2D eigenvalue weighted by molar-refractivity contribution is 6.18. The normalized spacial score (nSPS) is 18.6. The van der Waals surface area contributed by atoms with E-state index in [1.165, 1.54) is 10.7 Å². The van der Waals surface area contributed by atoms with Gasteiger partial charge >= 0.3 is 5.69 Å². The molecule has 8 heteroatoms. The molecule has 1 saturated heterocycles. The maximum absolute atomic E-state index is 11.3. The molecule has 7 nitrogen and oxygen atoms in total. The summed E-state index contributed by atoms with van der Waals surface area (Å²) in [6, 6.07) is 1.72. The molecule has 1 aliphatic rings. The first-order valence-electron chi connectivity index (χ1n) is 6.07. The zero-order valence-electron chi connectivity index (χ0n) is 10.2. The number of nitrogens with one attached hydrogen (secondary N) is 2. The number of ether oxygens (including phenoxy) is 1. The van der Waals surface area contributed by atoms with Crippen LogP contribution in [0.15, 0.2) is 17.2 Å². The zero-order valence-corrected chi connectivity index (χ0v) is 11.0. The molecule has 0 bridgehead atoms. The van der Waals surface area contributed by atoms with Crippen molar-refractivity contribution in [2.75, 3.05) is 24.4 Å². The van der Waals surface area contributed by atoms with Gasteiger partial charge in [0.2, 0.25) is 0 Å². The molecular formula is C11H14ClN5O2. The lowest BCUT2D eigenvalue weighted by atomic mass is 9.92. The number of anilines is 1. The Hall–Kier alpha value is -1.60. The predicted octanol–water partition coefficient (Wildman–Crippen LogP) is 0.617. The van der Waals surface area contributed by atoms with Gasteiger partial charge in [-0.25, -0.2) is 19.3 Å². The number of alkyl halides is 1. The van der Waals surface area contributed by atoms with Crippen molar-refractivity contribution in [1.29, 1.82) is 0 Å². The van der Waals surface area contributed by atoms with Crippen molar-refractivity contribution in [3.8, 4) is 0 Å². The summed E-state index contributed by atoms with van der Waals surface area (Å²) in [5.74, 6) is 1.14. The maximum Gasteiger partial charge on any atom is 0.348 e. The number of halogens is 1. The van der Waals surface area contributed by atoms with Gasteiger partial charge < -0.3 is 10.1 Å². The summed E-state index contributed by atoms with van der Waals surface area (Å²) in [6.07, 6.45) is 3.11. The second kappa shape index (κ2) is 4.82. The fourth-order valence-electron chi connectivity index (χ4n) is 2.20. The smallest absolute Gasteiger partial charge is 0.348 e. The minimum Gasteiger partial charge on any atom is -0.381 e. The molecule has 3 heterocycles. The monoisotopic (exact) mass is 283 g/mol. The highest BCUT2D eigenvalue weighted by Crippen LogP contribution is 2.26. The molecule has 0 atom stereocenters. The van der Waals surface area contributed by atoms with E-state index < -0.39 is 0 Å². The van der Waals surface area contributed by atoms with Gasteiger partial charge in [0.15, 0.2) is 5.65 Å². The van der Waals surface area contributed by atoms with Crippen LogP contribution in [-0.2, 0) is 4.74 Å². The second-order valence-electron chi connectivity index (χ2n) is 4.68. The summed E-state index contributed by atoms with van der Waals surface area (Å²) in [4.78, 5) is 15.6. The summed E-state index contributed by atoms with van der Waals surface area (Å²) in [5, 5.41) is 9.64. The largest absolute Gasteiger partial charge is 0.381 e. The lowest BCUT2D eigenvalue weighted by Crippen LogP contribution is -2.45. The minimum absolute atomic E-state index is 0.207. The molecule has 0 unspecified atom stereocenters. The number of hydrogen-bond acceptors (Lipinski definition) is 5. The molecule has 2 aromatic rings. The van der Waals surface area contributed by atoms with Gasteiger partial charge in [-0.05, 0) is 12.8 Å². The van der Waals surface area contributed by atoms with E-state index in [1.54, 1.807) is 6.07 Å². The van der Waals surface area contributed by atoms with Crippen LogP contribution in [0.5, 0.6) is 0 Å². The van der Waals surface area contributed by atoms with Crippen LogP contribution in [0.3, 0.4) is 0 Å². The average molecular weight is 284 g/mol. The second-order valence-corrected chi connectivity index (χ2v) is 4.95. The predicted molar refractivity (Wildman–Crippen MR) is 70.7 cm³/mol. The van der Waals surface area contributed by atoms with Crippen LogP contribution in [0.1, 0.15) is 12.8 Å². The zero-order chi connectivity index (χ0) is 13.3. The molecular weight excluding hydrogens is 270 g/mol. The molecule has 0 saturated carbocycles. The van der Waals surface area contributed by atoms with Crippen molar-refractivity contribution >= 4 is 23.1 Å². The third-order valence-corrected chi connectivity index (χ3v) is 3.92. The third kappa shape index (κ3) is 2.31. The lowest BCUT2D eigenvalue weighted by Gasteiger charge is -2.36. The van der Waals surface area contributed by atoms with E-state index >= 15 is 0 Å². The van der Waals surface area contributed by atoms with Crippen molar-refractivity contribution in [1.82, 2.24) is 19.6 Å². The van der Waals surface area contributed by atoms with Crippen LogP contribution in [-0.4, -0.2) is 44.2 Å². The molecule has 3 rings (SSSR count). The van der Waals surface area contributed by atoms with Crippen molar-refractivity contribution in [3.63, 3.8) is 0 Å². The Labute approximate surface area is 113 Å². The number of nitrogens with zero attached hydrogens (tertiary/aromatic N) is 3. The van der Waals surface area contributed by atoms with E-state index in [4.69, 9.17) is 16.3 Å². The van der Waals surface area contributed by atoms with Gasteiger partial charge in [-0.15, -0.1) is 11.6 Å². The van der Waals surface area contributed by atoms with E-state index in [9.17, 15) is 4.79 Å². The number of fused-ring (bicyclic) bond motifs is 1. The summed E-state index contributed by atoms with van der Waals surface area (Å²) >= 11 is 6.09. The number of H-pyrrole nitrogens is 1. The maximum atomic E-state index is 11.3. The first-order chi connectivity index (χ1) is 9.22. The molecule has 1 fully saturated rings. The van der Waals surface area contributed by atoms with E-state index in [2.05, 4.69) is 20.5 Å². The number of aromatic amines is 1. The van der Waals surface area contributed by atoms with Gasteiger partial charge in [0.1, 0.15) is 12.1 Å². The van der Waals surface area contributed by atoms with Crippen LogP contribution < -0.4 is 11.0 Å². The van der Waals surface area contributed by atoms with Gasteiger partial charge in [-0.2, -0.15) is 5.10 Å². The Balaban J connectivity index is 1.89. The number of rotatable bonds is 3. The number of aromatic nitrogens is 4. The van der Waals surface area contributed by atoms with E-state index in [0.29, 0.717) is 30.6 Å². The highest BCUT2D eigenvalue weighted by Gasteiger charge is 2.32. The molecule has 1 aliphatic heterocycles. The van der Waals surface area contributed by atoms with Gasteiger partial charge in [-0.1, -0.05) is 0 Å². The van der Waals surface area contributed by atoms with E-state index in [1.807, 2.05) is 0 Å². The lowest BCUT2D eigenvalue weighted by molar-refractivity contribution is 0.0666. The van der Waals surface area contributed by atoms with Gasteiger partial charge in [0.25, 0.3) is 0 Å². The van der Waals surface area contributed by atoms with Crippen LogP contribution in [0, 0.1) is 0 Å². The minimum atomic E-state index is -0.299. The van der Waals surface area contributed by atoms with E-state index in [0.717, 1.165) is 12.8 Å². The summed E-state index contributed by atoms with van der Waals surface area (Å²) in [5.41, 5.74) is 0.0216. The quantitative estimate of drug-likeness (QED) is 0.807. The summed E-state index contributed by atoms with van der Waals surface area (Å²) in [6.45, 7) is 1.37. The molecule has 0 radical (unpaired) electrons. The van der Waals surface area contributed by atoms with Crippen LogP contribution in [0.4, 0.5) is 5.82 Å². The van der Waals surface area contributed by atoms with Crippen molar-refractivity contribution in [2.24, 2.45) is 0 Å². The Bertz CT molecular complexity index is 631. The molecule has 0 amide bonds. The molecule has 0 aliphatic carbocycles. The van der Waals surface area contributed by atoms with Crippen molar-refractivity contribution in [2.45, 2.75) is 18.4 Å². The standard InChI is InChI=1S/C11H14ClN5O2/c12-6-11(1-3-19-4-2-11)14-8-5-9-15-16-10(18)17(9)7-13-8/h5,7,14H,1-4,6H2,(H,16,18). The van der Waals surface area contributed by atoms with Crippen LogP contribution in [0.2, 0.25) is 0 Å². The fraction of sp³-hybridized carbons (Fsp3) is 0.545. The van der Waals surface area contributed by atoms with Crippen LogP contribution in [0.25, 0.3) is 5.65 Å². The van der Waals surface area contributed by atoms with Gasteiger partial charge in [-0.3, -0.25) is 0 Å².